The lowest BCUT2D eigenvalue weighted by Crippen LogP contribution is -2.10. The van der Waals surface area contributed by atoms with Gasteiger partial charge in [0.05, 0.1) is 6.04 Å². The Labute approximate surface area is 124 Å². The maximum atomic E-state index is 5.62. The number of rotatable bonds is 7. The Bertz CT molecular complexity index is 583. The first-order chi connectivity index (χ1) is 10.1. The van der Waals surface area contributed by atoms with E-state index < -0.39 is 0 Å². The van der Waals surface area contributed by atoms with Crippen LogP contribution in [0.5, 0.6) is 0 Å². The van der Waals surface area contributed by atoms with Crippen LogP contribution in [-0.2, 0) is 11.3 Å². The average molecular weight is 290 g/mol. The lowest BCUT2D eigenvalue weighted by Gasteiger charge is -2.14. The minimum Gasteiger partial charge on any atom is -0.464 e. The Hall–Kier alpha value is -2.08. The van der Waals surface area contributed by atoms with E-state index in [1.807, 2.05) is 46.0 Å². The van der Waals surface area contributed by atoms with Crippen LogP contribution in [-0.4, -0.2) is 23.6 Å². The molecule has 0 aliphatic carbocycles. The largest absolute Gasteiger partial charge is 0.464 e. The molecule has 0 amide bonds. The Morgan fingerprint density at radius 1 is 1.29 bits per heavy atom. The van der Waals surface area contributed by atoms with Gasteiger partial charge in [-0.3, -0.25) is 0 Å². The molecule has 0 aliphatic heterocycles. The molecule has 2 heterocycles. The van der Waals surface area contributed by atoms with Gasteiger partial charge in [-0.2, -0.15) is 0 Å². The third kappa shape index (κ3) is 4.19. The van der Waals surface area contributed by atoms with Gasteiger partial charge in [-0.1, -0.05) is 0 Å². The van der Waals surface area contributed by atoms with Gasteiger partial charge in [-0.25, -0.2) is 9.97 Å². The van der Waals surface area contributed by atoms with Gasteiger partial charge in [0.25, 0.3) is 0 Å². The van der Waals surface area contributed by atoms with Gasteiger partial charge < -0.3 is 19.8 Å². The van der Waals surface area contributed by atoms with Gasteiger partial charge in [-0.15, -0.1) is 0 Å². The van der Waals surface area contributed by atoms with Crippen molar-refractivity contribution in [3.63, 3.8) is 0 Å². The smallest absolute Gasteiger partial charge is 0.158 e. The number of nitrogens with zero attached hydrogens (tertiary/aromatic N) is 2. The van der Waals surface area contributed by atoms with E-state index in [2.05, 4.69) is 20.6 Å². The fourth-order valence-corrected chi connectivity index (χ4v) is 1.94. The molecule has 0 spiro atoms. The minimum absolute atomic E-state index is 0.0262. The van der Waals surface area contributed by atoms with Crippen LogP contribution < -0.4 is 10.6 Å². The van der Waals surface area contributed by atoms with Crippen LogP contribution in [0.15, 0.2) is 22.6 Å². The van der Waals surface area contributed by atoms with E-state index in [0.29, 0.717) is 19.0 Å². The third-order valence-corrected chi connectivity index (χ3v) is 3.02. The molecule has 1 atom stereocenters. The standard InChI is InChI=1S/C15H22N4O2/c1-5-20-9-15-18-13(16-4)8-14(19-15)17-11(3)12-7-6-10(2)21-12/h6-8,11H,5,9H2,1-4H3,(H2,16,17,18,19). The molecular weight excluding hydrogens is 268 g/mol. The predicted molar refractivity (Wildman–Crippen MR) is 82.4 cm³/mol. The van der Waals surface area contributed by atoms with E-state index in [0.717, 1.165) is 23.2 Å². The average Bonchev–Trinajstić information content (AvgIpc) is 2.91. The SMILES string of the molecule is CCOCc1nc(NC)cc(NC(C)c2ccc(C)o2)n1. The zero-order valence-electron chi connectivity index (χ0n) is 12.9. The van der Waals surface area contributed by atoms with Crippen molar-refractivity contribution in [2.75, 3.05) is 24.3 Å². The van der Waals surface area contributed by atoms with Crippen molar-refractivity contribution in [2.45, 2.75) is 33.4 Å². The summed E-state index contributed by atoms with van der Waals surface area (Å²) in [5, 5.41) is 6.35. The summed E-state index contributed by atoms with van der Waals surface area (Å²) in [4.78, 5) is 8.83. The van der Waals surface area contributed by atoms with Crippen molar-refractivity contribution in [1.82, 2.24) is 9.97 Å². The molecule has 0 aromatic carbocycles. The Morgan fingerprint density at radius 3 is 2.67 bits per heavy atom. The summed E-state index contributed by atoms with van der Waals surface area (Å²) in [5.41, 5.74) is 0. The van der Waals surface area contributed by atoms with Crippen molar-refractivity contribution in [2.24, 2.45) is 0 Å². The third-order valence-electron chi connectivity index (χ3n) is 3.02. The fraction of sp³-hybridized carbons (Fsp3) is 0.467. The molecule has 6 nitrogen and oxygen atoms in total. The summed E-state index contributed by atoms with van der Waals surface area (Å²) < 4.78 is 11.0. The highest BCUT2D eigenvalue weighted by Gasteiger charge is 2.11. The van der Waals surface area contributed by atoms with Crippen LogP contribution in [0, 0.1) is 6.92 Å². The monoisotopic (exact) mass is 290 g/mol. The van der Waals surface area contributed by atoms with Crippen molar-refractivity contribution in [1.29, 1.82) is 0 Å². The molecule has 114 valence electrons. The summed E-state index contributed by atoms with van der Waals surface area (Å²) in [7, 11) is 1.83. The highest BCUT2D eigenvalue weighted by atomic mass is 16.5. The quantitative estimate of drug-likeness (QED) is 0.816. The molecule has 0 saturated carbocycles. The number of ether oxygens (including phenoxy) is 1. The van der Waals surface area contributed by atoms with E-state index in [4.69, 9.17) is 9.15 Å². The molecule has 21 heavy (non-hydrogen) atoms. The van der Waals surface area contributed by atoms with Crippen LogP contribution in [0.3, 0.4) is 0 Å². The molecule has 0 radical (unpaired) electrons. The van der Waals surface area contributed by atoms with Crippen LogP contribution in [0.1, 0.15) is 37.2 Å². The molecule has 1 unspecified atom stereocenters. The highest BCUT2D eigenvalue weighted by Crippen LogP contribution is 2.21. The molecular formula is C15H22N4O2. The van der Waals surface area contributed by atoms with E-state index in [1.165, 1.54) is 0 Å². The molecule has 2 N–H and O–H groups in total. The van der Waals surface area contributed by atoms with Gasteiger partial charge in [0.2, 0.25) is 0 Å². The van der Waals surface area contributed by atoms with Crippen molar-refractivity contribution in [3.05, 3.63) is 35.5 Å². The normalized spacial score (nSPS) is 12.2. The number of aromatic nitrogens is 2. The Balaban J connectivity index is 2.14. The second-order valence-electron chi connectivity index (χ2n) is 4.76. The summed E-state index contributed by atoms with van der Waals surface area (Å²) in [5.74, 6) is 3.92. The molecule has 0 saturated heterocycles. The van der Waals surface area contributed by atoms with Crippen molar-refractivity contribution < 1.29 is 9.15 Å². The Morgan fingerprint density at radius 2 is 2.05 bits per heavy atom. The number of nitrogens with one attached hydrogen (secondary N) is 2. The number of furan rings is 1. The maximum Gasteiger partial charge on any atom is 0.158 e. The van der Waals surface area contributed by atoms with Gasteiger partial charge in [0.15, 0.2) is 5.82 Å². The lowest BCUT2D eigenvalue weighted by atomic mass is 10.2. The summed E-state index contributed by atoms with van der Waals surface area (Å²) >= 11 is 0. The Kier molecular flexibility index (Phi) is 5.16. The number of anilines is 2. The molecule has 0 bridgehead atoms. The predicted octanol–water partition coefficient (Wildman–Crippen LogP) is 3.13. The molecule has 2 aromatic rings. The molecule has 2 aromatic heterocycles. The first-order valence-electron chi connectivity index (χ1n) is 7.08. The zero-order chi connectivity index (χ0) is 15.2. The van der Waals surface area contributed by atoms with Crippen molar-refractivity contribution in [3.8, 4) is 0 Å². The molecule has 0 fully saturated rings. The van der Waals surface area contributed by atoms with Gasteiger partial charge in [0, 0.05) is 19.7 Å². The van der Waals surface area contributed by atoms with Crippen molar-refractivity contribution >= 4 is 11.6 Å². The second-order valence-corrected chi connectivity index (χ2v) is 4.76. The number of hydrogen-bond donors (Lipinski definition) is 2. The highest BCUT2D eigenvalue weighted by molar-refractivity contribution is 5.48. The number of hydrogen-bond acceptors (Lipinski definition) is 6. The zero-order valence-corrected chi connectivity index (χ0v) is 12.9. The van der Waals surface area contributed by atoms with Gasteiger partial charge >= 0.3 is 0 Å². The van der Waals surface area contributed by atoms with Crippen LogP contribution >= 0.6 is 0 Å². The van der Waals surface area contributed by atoms with Gasteiger partial charge in [0.1, 0.15) is 29.8 Å². The molecule has 6 heteroatoms. The van der Waals surface area contributed by atoms with Crippen LogP contribution in [0.4, 0.5) is 11.6 Å². The van der Waals surface area contributed by atoms with E-state index in [-0.39, 0.29) is 6.04 Å². The first kappa shape index (κ1) is 15.3. The minimum atomic E-state index is 0.0262. The molecule has 0 aliphatic rings. The second kappa shape index (κ2) is 7.08. The topological polar surface area (TPSA) is 72.2 Å². The van der Waals surface area contributed by atoms with E-state index >= 15 is 0 Å². The fourth-order valence-electron chi connectivity index (χ4n) is 1.94. The number of aryl methyl sites for hydroxylation is 1. The summed E-state index contributed by atoms with van der Waals surface area (Å²) in [6, 6.07) is 5.81. The van der Waals surface area contributed by atoms with Crippen LogP contribution in [0.25, 0.3) is 0 Å². The summed E-state index contributed by atoms with van der Waals surface area (Å²) in [6.45, 7) is 6.94. The van der Waals surface area contributed by atoms with Gasteiger partial charge in [-0.05, 0) is 32.9 Å². The first-order valence-corrected chi connectivity index (χ1v) is 7.08. The maximum absolute atomic E-state index is 5.62. The van der Waals surface area contributed by atoms with E-state index in [1.54, 1.807) is 0 Å². The molecule has 2 rings (SSSR count). The van der Waals surface area contributed by atoms with Crippen LogP contribution in [0.2, 0.25) is 0 Å². The van der Waals surface area contributed by atoms with E-state index in [9.17, 15) is 0 Å². The lowest BCUT2D eigenvalue weighted by molar-refractivity contribution is 0.128. The summed E-state index contributed by atoms with van der Waals surface area (Å²) in [6.07, 6.45) is 0.